The second-order valence-electron chi connectivity index (χ2n) is 3.80. The molecule has 0 spiro atoms. The van der Waals surface area contributed by atoms with Crippen LogP contribution in [0.2, 0.25) is 0 Å². The Bertz CT molecular complexity index is 671. The van der Waals surface area contributed by atoms with Crippen LogP contribution < -0.4 is 0 Å². The number of hydrogen-bond donors (Lipinski definition) is 2. The first kappa shape index (κ1) is 10.4. The Kier molecular flexibility index (Phi) is 2.42. The third-order valence-electron chi connectivity index (χ3n) is 2.67. The summed E-state index contributed by atoms with van der Waals surface area (Å²) in [4.78, 5) is 12.8. The molecule has 0 unspecified atom stereocenters. The van der Waals surface area contributed by atoms with E-state index in [1.807, 2.05) is 25.1 Å². The zero-order valence-electron chi connectivity index (χ0n) is 9.27. The van der Waals surface area contributed by atoms with Gasteiger partial charge in [0, 0.05) is 10.4 Å². The maximum absolute atomic E-state index is 9.09. The Balaban J connectivity index is 2.15. The standard InChI is InChI=1S/C12H11N3OS/c1-7-12(15-11(5-16)17-7)8-2-3-9-10(4-8)14-6-13-9/h2-4,6,16H,5H2,1H3,(H,13,14). The maximum atomic E-state index is 9.09. The molecular weight excluding hydrogens is 234 g/mol. The monoisotopic (exact) mass is 245 g/mol. The van der Waals surface area contributed by atoms with Crippen molar-refractivity contribution in [2.45, 2.75) is 13.5 Å². The van der Waals surface area contributed by atoms with Crippen molar-refractivity contribution in [3.05, 3.63) is 34.4 Å². The molecule has 1 aromatic carbocycles. The van der Waals surface area contributed by atoms with Gasteiger partial charge in [-0.25, -0.2) is 9.97 Å². The van der Waals surface area contributed by atoms with Crippen LogP contribution in [0.5, 0.6) is 0 Å². The Morgan fingerprint density at radius 2 is 2.29 bits per heavy atom. The summed E-state index contributed by atoms with van der Waals surface area (Å²) in [5.74, 6) is 0. The Morgan fingerprint density at radius 3 is 3.06 bits per heavy atom. The number of aliphatic hydroxyl groups is 1. The third kappa shape index (κ3) is 1.73. The van der Waals surface area contributed by atoms with Crippen LogP contribution in [0.25, 0.3) is 22.3 Å². The fraction of sp³-hybridized carbons (Fsp3) is 0.167. The van der Waals surface area contributed by atoms with Gasteiger partial charge in [0.15, 0.2) is 0 Å². The number of imidazole rings is 1. The quantitative estimate of drug-likeness (QED) is 0.729. The summed E-state index contributed by atoms with van der Waals surface area (Å²) in [6.45, 7) is 2.02. The lowest BCUT2D eigenvalue weighted by Gasteiger charge is -1.98. The molecule has 0 aliphatic heterocycles. The van der Waals surface area contributed by atoms with Gasteiger partial charge in [0.05, 0.1) is 29.7 Å². The number of benzene rings is 1. The van der Waals surface area contributed by atoms with Crippen molar-refractivity contribution in [1.82, 2.24) is 15.0 Å². The molecule has 0 aliphatic carbocycles. The zero-order valence-corrected chi connectivity index (χ0v) is 10.1. The molecule has 0 bridgehead atoms. The summed E-state index contributed by atoms with van der Waals surface area (Å²) in [5.41, 5.74) is 3.94. The number of hydrogen-bond acceptors (Lipinski definition) is 4. The number of rotatable bonds is 2. The van der Waals surface area contributed by atoms with E-state index in [1.54, 1.807) is 6.33 Å². The molecule has 0 saturated carbocycles. The van der Waals surface area contributed by atoms with Gasteiger partial charge in [-0.1, -0.05) is 6.07 Å². The van der Waals surface area contributed by atoms with E-state index < -0.39 is 0 Å². The predicted molar refractivity (Wildman–Crippen MR) is 67.9 cm³/mol. The second-order valence-corrected chi connectivity index (χ2v) is 5.09. The van der Waals surface area contributed by atoms with Gasteiger partial charge in [0.1, 0.15) is 5.01 Å². The van der Waals surface area contributed by atoms with E-state index in [-0.39, 0.29) is 6.61 Å². The van der Waals surface area contributed by atoms with E-state index >= 15 is 0 Å². The average Bonchev–Trinajstić information content (AvgIpc) is 2.93. The van der Waals surface area contributed by atoms with Gasteiger partial charge < -0.3 is 10.1 Å². The molecule has 0 saturated heterocycles. The molecule has 0 amide bonds. The van der Waals surface area contributed by atoms with Crippen LogP contribution in [-0.2, 0) is 6.61 Å². The van der Waals surface area contributed by atoms with E-state index in [1.165, 1.54) is 11.3 Å². The van der Waals surface area contributed by atoms with Crippen LogP contribution in [0.1, 0.15) is 9.88 Å². The van der Waals surface area contributed by atoms with Gasteiger partial charge in [0.25, 0.3) is 0 Å². The molecule has 2 aromatic heterocycles. The van der Waals surface area contributed by atoms with Crippen molar-refractivity contribution in [3.63, 3.8) is 0 Å². The Morgan fingerprint density at radius 1 is 1.41 bits per heavy atom. The van der Waals surface area contributed by atoms with E-state index in [0.717, 1.165) is 32.2 Å². The number of aryl methyl sites for hydroxylation is 1. The first-order chi connectivity index (χ1) is 8.28. The van der Waals surface area contributed by atoms with Crippen LogP contribution in [0.3, 0.4) is 0 Å². The van der Waals surface area contributed by atoms with E-state index in [2.05, 4.69) is 15.0 Å². The number of nitrogens with zero attached hydrogens (tertiary/aromatic N) is 2. The smallest absolute Gasteiger partial charge is 0.119 e. The van der Waals surface area contributed by atoms with Gasteiger partial charge in [-0.05, 0) is 19.1 Å². The molecule has 4 nitrogen and oxygen atoms in total. The van der Waals surface area contributed by atoms with E-state index in [0.29, 0.717) is 0 Å². The highest BCUT2D eigenvalue weighted by atomic mass is 32.1. The molecule has 3 aromatic rings. The molecular formula is C12H11N3OS. The molecule has 0 radical (unpaired) electrons. The summed E-state index contributed by atoms with van der Waals surface area (Å²) in [6.07, 6.45) is 1.68. The average molecular weight is 245 g/mol. The van der Waals surface area contributed by atoms with Gasteiger partial charge in [-0.2, -0.15) is 0 Å². The summed E-state index contributed by atoms with van der Waals surface area (Å²) in [6, 6.07) is 6.01. The predicted octanol–water partition coefficient (Wildman–Crippen LogP) is 2.49. The largest absolute Gasteiger partial charge is 0.389 e. The van der Waals surface area contributed by atoms with E-state index in [4.69, 9.17) is 5.11 Å². The van der Waals surface area contributed by atoms with Gasteiger partial charge in [-0.15, -0.1) is 11.3 Å². The fourth-order valence-electron chi connectivity index (χ4n) is 1.87. The van der Waals surface area contributed by atoms with Crippen molar-refractivity contribution in [1.29, 1.82) is 0 Å². The summed E-state index contributed by atoms with van der Waals surface area (Å²) in [5, 5.41) is 9.84. The number of thiazole rings is 1. The van der Waals surface area contributed by atoms with Crippen molar-refractivity contribution < 1.29 is 5.11 Å². The van der Waals surface area contributed by atoms with Gasteiger partial charge >= 0.3 is 0 Å². The lowest BCUT2D eigenvalue weighted by Crippen LogP contribution is -1.83. The highest BCUT2D eigenvalue weighted by molar-refractivity contribution is 7.12. The molecule has 86 valence electrons. The van der Waals surface area contributed by atoms with Gasteiger partial charge in [0.2, 0.25) is 0 Å². The van der Waals surface area contributed by atoms with Crippen molar-refractivity contribution >= 4 is 22.4 Å². The number of H-pyrrole nitrogens is 1. The van der Waals surface area contributed by atoms with Crippen molar-refractivity contribution in [2.75, 3.05) is 0 Å². The first-order valence-corrected chi connectivity index (χ1v) is 6.10. The number of nitrogens with one attached hydrogen (secondary N) is 1. The van der Waals surface area contributed by atoms with E-state index in [9.17, 15) is 0 Å². The van der Waals surface area contributed by atoms with Crippen molar-refractivity contribution in [2.24, 2.45) is 0 Å². The lowest BCUT2D eigenvalue weighted by molar-refractivity contribution is 0.281. The normalized spacial score (nSPS) is 11.2. The Labute approximate surface area is 102 Å². The summed E-state index contributed by atoms with van der Waals surface area (Å²) < 4.78 is 0. The van der Waals surface area contributed by atoms with Crippen LogP contribution in [0.15, 0.2) is 24.5 Å². The van der Waals surface area contributed by atoms with Crippen LogP contribution >= 0.6 is 11.3 Å². The second kappa shape index (κ2) is 3.94. The molecule has 3 rings (SSSR count). The SMILES string of the molecule is Cc1sc(CO)nc1-c1ccc2nc[nH]c2c1. The summed E-state index contributed by atoms with van der Waals surface area (Å²) in [7, 11) is 0. The lowest BCUT2D eigenvalue weighted by atomic mass is 10.1. The minimum atomic E-state index is -0.00217. The minimum Gasteiger partial charge on any atom is -0.389 e. The number of fused-ring (bicyclic) bond motifs is 1. The first-order valence-electron chi connectivity index (χ1n) is 5.28. The topological polar surface area (TPSA) is 61.8 Å². The molecule has 5 heteroatoms. The van der Waals surface area contributed by atoms with Crippen molar-refractivity contribution in [3.8, 4) is 11.3 Å². The third-order valence-corrected chi connectivity index (χ3v) is 3.63. The molecule has 2 heterocycles. The number of aromatic nitrogens is 3. The maximum Gasteiger partial charge on any atom is 0.119 e. The van der Waals surface area contributed by atoms with Crippen LogP contribution in [0.4, 0.5) is 0 Å². The molecule has 17 heavy (non-hydrogen) atoms. The van der Waals surface area contributed by atoms with Crippen LogP contribution in [-0.4, -0.2) is 20.1 Å². The highest BCUT2D eigenvalue weighted by Gasteiger charge is 2.10. The molecule has 0 aliphatic rings. The molecule has 2 N–H and O–H groups in total. The van der Waals surface area contributed by atoms with Gasteiger partial charge in [-0.3, -0.25) is 0 Å². The fourth-order valence-corrected chi connectivity index (χ4v) is 2.68. The number of aromatic amines is 1. The molecule has 0 atom stereocenters. The summed E-state index contributed by atoms with van der Waals surface area (Å²) >= 11 is 1.53. The number of aliphatic hydroxyl groups excluding tert-OH is 1. The zero-order chi connectivity index (χ0) is 11.8. The minimum absolute atomic E-state index is 0.00217. The Hall–Kier alpha value is -1.72. The molecule has 0 fully saturated rings. The highest BCUT2D eigenvalue weighted by Crippen LogP contribution is 2.29. The van der Waals surface area contributed by atoms with Crippen LogP contribution in [0, 0.1) is 6.92 Å².